The van der Waals surface area contributed by atoms with Gasteiger partial charge in [-0.1, -0.05) is 34.5 Å². The standard InChI is InChI=1S/C19H17ClN2O5S/c1-13-2-8-16(9-3-13)28(24,25)11-10-18(23)26-12-17-21-19(22-27-17)14-4-6-15(20)7-5-14/h2-9H,10-12H2,1H3. The Hall–Kier alpha value is -2.71. The van der Waals surface area contributed by atoms with Crippen LogP contribution < -0.4 is 0 Å². The van der Waals surface area contributed by atoms with E-state index >= 15 is 0 Å². The first-order valence-corrected chi connectivity index (χ1v) is 10.4. The molecule has 146 valence electrons. The van der Waals surface area contributed by atoms with Crippen LogP contribution >= 0.6 is 11.6 Å². The molecule has 0 saturated carbocycles. The van der Waals surface area contributed by atoms with Crippen molar-refractivity contribution < 1.29 is 22.5 Å². The van der Waals surface area contributed by atoms with E-state index in [1.165, 1.54) is 12.1 Å². The molecule has 1 heterocycles. The SMILES string of the molecule is Cc1ccc(S(=O)(=O)CCC(=O)OCc2nc(-c3ccc(Cl)cc3)no2)cc1. The summed E-state index contributed by atoms with van der Waals surface area (Å²) in [5.41, 5.74) is 1.66. The average Bonchev–Trinajstić information content (AvgIpc) is 3.15. The number of rotatable bonds is 7. The summed E-state index contributed by atoms with van der Waals surface area (Å²) in [4.78, 5) is 16.2. The van der Waals surface area contributed by atoms with Crippen LogP contribution in [-0.2, 0) is 26.0 Å². The topological polar surface area (TPSA) is 99.4 Å². The molecule has 0 aliphatic rings. The summed E-state index contributed by atoms with van der Waals surface area (Å²) in [5, 5.41) is 4.39. The van der Waals surface area contributed by atoms with E-state index in [2.05, 4.69) is 10.1 Å². The van der Waals surface area contributed by atoms with E-state index in [0.717, 1.165) is 5.56 Å². The fraction of sp³-hybridized carbons (Fsp3) is 0.211. The first-order valence-electron chi connectivity index (χ1n) is 8.37. The minimum absolute atomic E-state index is 0.111. The maximum atomic E-state index is 12.2. The van der Waals surface area contributed by atoms with Crippen LogP contribution in [0.1, 0.15) is 17.9 Å². The Morgan fingerprint density at radius 1 is 1.11 bits per heavy atom. The molecule has 0 unspecified atom stereocenters. The number of esters is 1. The van der Waals surface area contributed by atoms with Gasteiger partial charge in [-0.05, 0) is 43.3 Å². The molecule has 1 aromatic heterocycles. The fourth-order valence-corrected chi connectivity index (χ4v) is 3.67. The van der Waals surface area contributed by atoms with Crippen molar-refractivity contribution in [3.8, 4) is 11.4 Å². The molecule has 3 rings (SSSR count). The fourth-order valence-electron chi connectivity index (χ4n) is 2.33. The molecule has 7 nitrogen and oxygen atoms in total. The minimum Gasteiger partial charge on any atom is -0.456 e. The molecule has 0 aliphatic carbocycles. The van der Waals surface area contributed by atoms with Crippen LogP contribution in [0.25, 0.3) is 11.4 Å². The molecule has 0 atom stereocenters. The van der Waals surface area contributed by atoms with Gasteiger partial charge in [0, 0.05) is 10.6 Å². The summed E-state index contributed by atoms with van der Waals surface area (Å²) < 4.78 is 34.6. The predicted octanol–water partition coefficient (Wildman–Crippen LogP) is 3.61. The molecular weight excluding hydrogens is 404 g/mol. The maximum Gasteiger partial charge on any atom is 0.307 e. The van der Waals surface area contributed by atoms with E-state index in [1.807, 2.05) is 6.92 Å². The van der Waals surface area contributed by atoms with Gasteiger partial charge in [-0.25, -0.2) is 8.42 Å². The molecule has 0 N–H and O–H groups in total. The van der Waals surface area contributed by atoms with Gasteiger partial charge in [0.05, 0.1) is 17.1 Å². The molecule has 0 bridgehead atoms. The number of hydrogen-bond acceptors (Lipinski definition) is 7. The van der Waals surface area contributed by atoms with Gasteiger partial charge in [0.25, 0.3) is 5.89 Å². The van der Waals surface area contributed by atoms with Crippen molar-refractivity contribution in [3.05, 3.63) is 65.0 Å². The summed E-state index contributed by atoms with van der Waals surface area (Å²) >= 11 is 5.83. The quantitative estimate of drug-likeness (QED) is 0.538. The van der Waals surface area contributed by atoms with Crippen molar-refractivity contribution in [2.75, 3.05) is 5.75 Å². The largest absolute Gasteiger partial charge is 0.456 e. The highest BCUT2D eigenvalue weighted by Gasteiger charge is 2.18. The minimum atomic E-state index is -3.55. The highest BCUT2D eigenvalue weighted by atomic mass is 35.5. The number of hydrogen-bond donors (Lipinski definition) is 0. The monoisotopic (exact) mass is 420 g/mol. The molecule has 2 aromatic carbocycles. The molecular formula is C19H17ClN2O5S. The van der Waals surface area contributed by atoms with Gasteiger partial charge in [-0.2, -0.15) is 4.98 Å². The van der Waals surface area contributed by atoms with Gasteiger partial charge < -0.3 is 9.26 Å². The number of ether oxygens (including phenoxy) is 1. The second-order valence-electron chi connectivity index (χ2n) is 6.06. The van der Waals surface area contributed by atoms with Crippen LogP contribution in [0.2, 0.25) is 5.02 Å². The molecule has 0 aliphatic heterocycles. The third-order valence-electron chi connectivity index (χ3n) is 3.88. The first-order chi connectivity index (χ1) is 13.3. The summed E-state index contributed by atoms with van der Waals surface area (Å²) in [6, 6.07) is 13.3. The Morgan fingerprint density at radius 2 is 1.79 bits per heavy atom. The number of halogens is 1. The zero-order valence-electron chi connectivity index (χ0n) is 15.0. The number of aromatic nitrogens is 2. The van der Waals surface area contributed by atoms with Crippen molar-refractivity contribution in [2.24, 2.45) is 0 Å². The van der Waals surface area contributed by atoms with Crippen molar-refractivity contribution in [3.63, 3.8) is 0 Å². The third-order valence-corrected chi connectivity index (χ3v) is 5.87. The van der Waals surface area contributed by atoms with Crippen LogP contribution in [0, 0.1) is 6.92 Å². The zero-order chi connectivity index (χ0) is 20.1. The van der Waals surface area contributed by atoms with Crippen LogP contribution in [0.4, 0.5) is 0 Å². The Morgan fingerprint density at radius 3 is 2.46 bits per heavy atom. The van der Waals surface area contributed by atoms with Gasteiger partial charge in [-0.15, -0.1) is 0 Å². The molecule has 0 amide bonds. The number of carbonyl (C=O) groups excluding carboxylic acids is 1. The van der Waals surface area contributed by atoms with Crippen LogP contribution in [0.5, 0.6) is 0 Å². The molecule has 0 radical (unpaired) electrons. The number of sulfone groups is 1. The maximum absolute atomic E-state index is 12.2. The smallest absolute Gasteiger partial charge is 0.307 e. The molecule has 0 saturated heterocycles. The van der Waals surface area contributed by atoms with Crippen LogP contribution in [-0.4, -0.2) is 30.3 Å². The van der Waals surface area contributed by atoms with E-state index in [1.54, 1.807) is 36.4 Å². The van der Waals surface area contributed by atoms with Crippen molar-refractivity contribution in [1.82, 2.24) is 10.1 Å². The van der Waals surface area contributed by atoms with E-state index in [4.69, 9.17) is 20.9 Å². The van der Waals surface area contributed by atoms with Gasteiger partial charge in [0.15, 0.2) is 16.4 Å². The first kappa shape index (κ1) is 20.0. The number of aryl methyl sites for hydroxylation is 1. The van der Waals surface area contributed by atoms with Crippen LogP contribution in [0.15, 0.2) is 57.9 Å². The summed E-state index contributed by atoms with van der Waals surface area (Å²) in [6.07, 6.45) is -0.269. The number of carbonyl (C=O) groups is 1. The van der Waals surface area contributed by atoms with Gasteiger partial charge >= 0.3 is 5.97 Å². The Labute approximate surface area is 167 Å². The van der Waals surface area contributed by atoms with Crippen molar-refractivity contribution >= 4 is 27.4 Å². The zero-order valence-corrected chi connectivity index (χ0v) is 16.5. The Balaban J connectivity index is 1.52. The van der Waals surface area contributed by atoms with E-state index in [9.17, 15) is 13.2 Å². The molecule has 3 aromatic rings. The second-order valence-corrected chi connectivity index (χ2v) is 8.61. The van der Waals surface area contributed by atoms with E-state index in [0.29, 0.717) is 16.4 Å². The highest BCUT2D eigenvalue weighted by molar-refractivity contribution is 7.91. The normalized spacial score (nSPS) is 11.4. The third kappa shape index (κ3) is 5.17. The van der Waals surface area contributed by atoms with Gasteiger partial charge in [-0.3, -0.25) is 4.79 Å². The van der Waals surface area contributed by atoms with Gasteiger partial charge in [0.2, 0.25) is 5.82 Å². The lowest BCUT2D eigenvalue weighted by Gasteiger charge is -2.05. The highest BCUT2D eigenvalue weighted by Crippen LogP contribution is 2.19. The lowest BCUT2D eigenvalue weighted by atomic mass is 10.2. The predicted molar refractivity (Wildman–Crippen MR) is 102 cm³/mol. The van der Waals surface area contributed by atoms with Gasteiger partial charge in [0.1, 0.15) is 0 Å². The van der Waals surface area contributed by atoms with Crippen molar-refractivity contribution in [1.29, 1.82) is 0 Å². The van der Waals surface area contributed by atoms with E-state index in [-0.39, 0.29) is 29.6 Å². The summed E-state index contributed by atoms with van der Waals surface area (Å²) in [6.45, 7) is 1.63. The second kappa shape index (κ2) is 8.53. The molecule has 28 heavy (non-hydrogen) atoms. The lowest BCUT2D eigenvalue weighted by Crippen LogP contribution is -2.13. The summed E-state index contributed by atoms with van der Waals surface area (Å²) in [5.74, 6) is -0.555. The van der Waals surface area contributed by atoms with E-state index < -0.39 is 15.8 Å². The lowest BCUT2D eigenvalue weighted by molar-refractivity contribution is -0.145. The molecule has 0 fully saturated rings. The number of benzene rings is 2. The van der Waals surface area contributed by atoms with Crippen molar-refractivity contribution in [2.45, 2.75) is 24.8 Å². The molecule has 9 heteroatoms. The molecule has 0 spiro atoms. The van der Waals surface area contributed by atoms with Crippen LogP contribution in [0.3, 0.4) is 0 Å². The average molecular weight is 421 g/mol. The summed E-state index contributed by atoms with van der Waals surface area (Å²) in [7, 11) is -3.55. The Bertz CT molecular complexity index is 1060. The number of nitrogens with zero attached hydrogens (tertiary/aromatic N) is 2. The Kier molecular flexibility index (Phi) is 6.11.